The number of halogens is 1. The van der Waals surface area contributed by atoms with Crippen LogP contribution in [0.5, 0.6) is 0 Å². The summed E-state index contributed by atoms with van der Waals surface area (Å²) in [5.74, 6) is 0.279. The van der Waals surface area contributed by atoms with Crippen molar-refractivity contribution in [3.05, 3.63) is 27.9 Å². The van der Waals surface area contributed by atoms with Crippen LogP contribution in [0.4, 0.5) is 5.82 Å². The predicted octanol–water partition coefficient (Wildman–Crippen LogP) is 1.84. The summed E-state index contributed by atoms with van der Waals surface area (Å²) in [4.78, 5) is 22.3. The second kappa shape index (κ2) is 5.09. The Kier molecular flexibility index (Phi) is 3.70. The van der Waals surface area contributed by atoms with Gasteiger partial charge in [0.2, 0.25) is 0 Å². The summed E-state index contributed by atoms with van der Waals surface area (Å²) < 4.78 is 1.29. The number of aromatic nitrogens is 1. The van der Waals surface area contributed by atoms with Crippen LogP contribution in [0.15, 0.2) is 12.1 Å². The highest BCUT2D eigenvalue weighted by atomic mass is 79.9. The summed E-state index contributed by atoms with van der Waals surface area (Å²) >= 11 is 3.52. The first-order valence-corrected chi connectivity index (χ1v) is 6.64. The van der Waals surface area contributed by atoms with Gasteiger partial charge in [0.25, 0.3) is 5.91 Å². The first-order chi connectivity index (χ1) is 8.50. The zero-order valence-corrected chi connectivity index (χ0v) is 11.5. The van der Waals surface area contributed by atoms with E-state index < -0.39 is 4.92 Å². The fraction of sp³-hybridized carbons (Fsp3) is 0.545. The molecule has 1 fully saturated rings. The predicted molar refractivity (Wildman–Crippen MR) is 69.8 cm³/mol. The molecule has 7 heteroatoms. The molecule has 1 N–H and O–H groups in total. The lowest BCUT2D eigenvalue weighted by Crippen LogP contribution is -2.31. The number of nitrogens with zero attached hydrogens (tertiary/aromatic N) is 2. The van der Waals surface area contributed by atoms with Crippen LogP contribution in [-0.2, 0) is 7.05 Å². The van der Waals surface area contributed by atoms with Crippen molar-refractivity contribution in [2.24, 2.45) is 13.0 Å². The maximum absolute atomic E-state index is 11.9. The number of hydrogen-bond donors (Lipinski definition) is 1. The molecule has 1 aromatic rings. The van der Waals surface area contributed by atoms with Gasteiger partial charge < -0.3 is 15.4 Å². The molecule has 1 atom stereocenters. The SMILES string of the molecule is Cn1c(C(=O)NCC(Br)C2CC2)ccc1[N+](=O)[O-]. The smallest absolute Gasteiger partial charge is 0.323 e. The van der Waals surface area contributed by atoms with Gasteiger partial charge in [-0.2, -0.15) is 0 Å². The Morgan fingerprint density at radius 1 is 1.67 bits per heavy atom. The second-order valence-electron chi connectivity index (χ2n) is 4.46. The molecule has 6 nitrogen and oxygen atoms in total. The van der Waals surface area contributed by atoms with E-state index in [1.807, 2.05) is 0 Å². The van der Waals surface area contributed by atoms with Gasteiger partial charge in [-0.3, -0.25) is 4.79 Å². The molecule has 0 saturated heterocycles. The highest BCUT2D eigenvalue weighted by Gasteiger charge is 2.30. The first-order valence-electron chi connectivity index (χ1n) is 5.73. The topological polar surface area (TPSA) is 77.2 Å². The lowest BCUT2D eigenvalue weighted by molar-refractivity contribution is -0.391. The van der Waals surface area contributed by atoms with E-state index in [1.165, 1.54) is 36.6 Å². The summed E-state index contributed by atoms with van der Waals surface area (Å²) in [6, 6.07) is 2.80. The molecule has 0 aromatic carbocycles. The van der Waals surface area contributed by atoms with E-state index in [0.29, 0.717) is 18.2 Å². The number of nitrogens with one attached hydrogen (secondary N) is 1. The van der Waals surface area contributed by atoms with E-state index >= 15 is 0 Å². The molecule has 2 rings (SSSR count). The van der Waals surface area contributed by atoms with Crippen LogP contribution in [-0.4, -0.2) is 26.8 Å². The third-order valence-corrected chi connectivity index (χ3v) is 4.18. The van der Waals surface area contributed by atoms with Gasteiger partial charge in [-0.05, 0) is 29.7 Å². The normalized spacial score (nSPS) is 16.3. The molecular weight excluding hydrogens is 302 g/mol. The number of nitro groups is 1. The van der Waals surface area contributed by atoms with E-state index in [2.05, 4.69) is 21.2 Å². The lowest BCUT2D eigenvalue weighted by atomic mass is 10.3. The van der Waals surface area contributed by atoms with Gasteiger partial charge in [-0.1, -0.05) is 15.9 Å². The number of carbonyl (C=O) groups excluding carboxylic acids is 1. The Bertz CT molecular complexity index is 482. The minimum absolute atomic E-state index is 0.0854. The summed E-state index contributed by atoms with van der Waals surface area (Å²) in [5, 5.41) is 13.5. The molecule has 1 aromatic heterocycles. The third-order valence-electron chi connectivity index (χ3n) is 3.11. The Morgan fingerprint density at radius 2 is 2.33 bits per heavy atom. The van der Waals surface area contributed by atoms with E-state index in [9.17, 15) is 14.9 Å². The van der Waals surface area contributed by atoms with E-state index in [1.54, 1.807) is 0 Å². The minimum Gasteiger partial charge on any atom is -0.358 e. The van der Waals surface area contributed by atoms with Gasteiger partial charge in [-0.15, -0.1) is 0 Å². The maximum Gasteiger partial charge on any atom is 0.323 e. The van der Waals surface area contributed by atoms with Crippen LogP contribution < -0.4 is 5.32 Å². The molecule has 1 heterocycles. The Hall–Kier alpha value is -1.37. The molecule has 0 aliphatic heterocycles. The monoisotopic (exact) mass is 315 g/mol. The zero-order valence-electron chi connectivity index (χ0n) is 9.93. The second-order valence-corrected chi connectivity index (χ2v) is 5.63. The van der Waals surface area contributed by atoms with E-state index in [0.717, 1.165) is 0 Å². The number of alkyl halides is 1. The molecule has 0 bridgehead atoms. The fourth-order valence-electron chi connectivity index (χ4n) is 1.82. The number of hydrogen-bond acceptors (Lipinski definition) is 3. The van der Waals surface area contributed by atoms with Crippen molar-refractivity contribution in [2.75, 3.05) is 6.54 Å². The van der Waals surface area contributed by atoms with Gasteiger partial charge in [0.1, 0.15) is 0 Å². The first kappa shape index (κ1) is 13.1. The van der Waals surface area contributed by atoms with Gasteiger partial charge in [0.05, 0.1) is 7.05 Å². The van der Waals surface area contributed by atoms with Crippen molar-refractivity contribution in [2.45, 2.75) is 17.7 Å². The minimum atomic E-state index is -0.506. The Balaban J connectivity index is 1.97. The van der Waals surface area contributed by atoms with Crippen LogP contribution >= 0.6 is 15.9 Å². The highest BCUT2D eigenvalue weighted by Crippen LogP contribution is 2.36. The molecule has 1 amide bonds. The number of carbonyl (C=O) groups is 1. The van der Waals surface area contributed by atoms with Crippen LogP contribution in [0.1, 0.15) is 23.3 Å². The summed E-state index contributed by atoms with van der Waals surface area (Å²) in [5.41, 5.74) is 0.303. The van der Waals surface area contributed by atoms with Crippen molar-refractivity contribution >= 4 is 27.7 Å². The number of rotatable bonds is 5. The molecular formula is C11H14BrN3O3. The Labute approximate surface area is 113 Å². The average molecular weight is 316 g/mol. The molecule has 1 unspecified atom stereocenters. The number of amides is 1. The molecule has 1 aliphatic rings. The zero-order chi connectivity index (χ0) is 13.3. The van der Waals surface area contributed by atoms with Gasteiger partial charge in [0.15, 0.2) is 5.69 Å². The molecule has 1 aliphatic carbocycles. The molecule has 18 heavy (non-hydrogen) atoms. The highest BCUT2D eigenvalue weighted by molar-refractivity contribution is 9.09. The summed E-state index contributed by atoms with van der Waals surface area (Å²) in [6.07, 6.45) is 2.39. The maximum atomic E-state index is 11.9. The quantitative estimate of drug-likeness (QED) is 0.511. The van der Waals surface area contributed by atoms with Gasteiger partial charge >= 0.3 is 5.82 Å². The van der Waals surface area contributed by atoms with Crippen LogP contribution in [0.2, 0.25) is 0 Å². The van der Waals surface area contributed by atoms with Crippen molar-refractivity contribution in [3.8, 4) is 0 Å². The third kappa shape index (κ3) is 2.72. The standard InChI is InChI=1S/C11H14BrN3O3/c1-14-9(4-5-10(14)15(17)18)11(16)13-6-8(12)7-2-3-7/h4-5,7-8H,2-3,6H2,1H3,(H,13,16). The van der Waals surface area contributed by atoms with Crippen molar-refractivity contribution < 1.29 is 9.72 Å². The lowest BCUT2D eigenvalue weighted by Gasteiger charge is -2.09. The van der Waals surface area contributed by atoms with Crippen LogP contribution in [0.25, 0.3) is 0 Å². The molecule has 0 radical (unpaired) electrons. The van der Waals surface area contributed by atoms with Crippen molar-refractivity contribution in [1.29, 1.82) is 0 Å². The van der Waals surface area contributed by atoms with Gasteiger partial charge in [0, 0.05) is 17.4 Å². The molecule has 1 saturated carbocycles. The molecule has 0 spiro atoms. The molecule has 98 valence electrons. The van der Waals surface area contributed by atoms with Crippen LogP contribution in [0, 0.1) is 16.0 Å². The summed E-state index contributed by atoms with van der Waals surface area (Å²) in [6.45, 7) is 0.544. The van der Waals surface area contributed by atoms with Crippen molar-refractivity contribution in [3.63, 3.8) is 0 Å². The fourth-order valence-corrected chi connectivity index (χ4v) is 2.51. The van der Waals surface area contributed by atoms with E-state index in [-0.39, 0.29) is 16.6 Å². The van der Waals surface area contributed by atoms with Crippen molar-refractivity contribution in [1.82, 2.24) is 9.88 Å². The van der Waals surface area contributed by atoms with E-state index in [4.69, 9.17) is 0 Å². The largest absolute Gasteiger partial charge is 0.358 e. The average Bonchev–Trinajstić information content (AvgIpc) is 3.09. The summed E-state index contributed by atoms with van der Waals surface area (Å²) in [7, 11) is 1.51. The van der Waals surface area contributed by atoms with Gasteiger partial charge in [-0.25, -0.2) is 4.57 Å². The Morgan fingerprint density at radius 3 is 2.83 bits per heavy atom. The van der Waals surface area contributed by atoms with Crippen LogP contribution in [0.3, 0.4) is 0 Å².